The lowest BCUT2D eigenvalue weighted by Gasteiger charge is -2.14. The van der Waals surface area contributed by atoms with E-state index >= 15 is 0 Å². The van der Waals surface area contributed by atoms with Crippen molar-refractivity contribution in [1.82, 2.24) is 5.32 Å². The highest BCUT2D eigenvalue weighted by Crippen LogP contribution is 2.11. The van der Waals surface area contributed by atoms with Crippen molar-refractivity contribution in [2.24, 2.45) is 5.92 Å². The molecule has 19 heavy (non-hydrogen) atoms. The average Bonchev–Trinajstić information content (AvgIpc) is 2.33. The van der Waals surface area contributed by atoms with Crippen LogP contribution >= 0.6 is 0 Å². The van der Waals surface area contributed by atoms with E-state index in [1.807, 2.05) is 13.8 Å². The normalized spacial score (nSPS) is 12.3. The Kier molecular flexibility index (Phi) is 6.29. The number of aliphatic hydroxyl groups is 1. The summed E-state index contributed by atoms with van der Waals surface area (Å²) < 4.78 is 18.0. The quantitative estimate of drug-likeness (QED) is 0.792. The summed E-state index contributed by atoms with van der Waals surface area (Å²) in [6.07, 6.45) is 0.0727. The monoisotopic (exact) mass is 269 g/mol. The fourth-order valence-corrected chi connectivity index (χ4v) is 1.62. The van der Waals surface area contributed by atoms with E-state index in [1.165, 1.54) is 18.2 Å². The average molecular weight is 269 g/mol. The highest BCUT2D eigenvalue weighted by molar-refractivity contribution is 5.77. The molecule has 1 atom stereocenters. The Morgan fingerprint density at radius 2 is 2.21 bits per heavy atom. The Labute approximate surface area is 112 Å². The van der Waals surface area contributed by atoms with E-state index in [9.17, 15) is 14.3 Å². The molecule has 0 radical (unpaired) electrons. The van der Waals surface area contributed by atoms with Crippen LogP contribution in [0, 0.1) is 11.7 Å². The predicted octanol–water partition coefficient (Wildman–Crippen LogP) is 1.73. The summed E-state index contributed by atoms with van der Waals surface area (Å²) in [7, 11) is 0. The molecule has 1 amide bonds. The molecule has 1 rings (SSSR count). The fraction of sp³-hybridized carbons (Fsp3) is 0.500. The van der Waals surface area contributed by atoms with Gasteiger partial charge in [-0.1, -0.05) is 19.9 Å². The van der Waals surface area contributed by atoms with Gasteiger partial charge in [-0.2, -0.15) is 0 Å². The van der Waals surface area contributed by atoms with Gasteiger partial charge >= 0.3 is 0 Å². The predicted molar refractivity (Wildman–Crippen MR) is 70.4 cm³/mol. The van der Waals surface area contributed by atoms with Crippen LogP contribution in [0.25, 0.3) is 0 Å². The van der Waals surface area contributed by atoms with Gasteiger partial charge in [-0.25, -0.2) is 4.39 Å². The maximum absolute atomic E-state index is 12.9. The molecule has 0 aromatic heterocycles. The Morgan fingerprint density at radius 3 is 2.84 bits per heavy atom. The van der Waals surface area contributed by atoms with Crippen LogP contribution in [0.1, 0.15) is 20.3 Å². The zero-order valence-corrected chi connectivity index (χ0v) is 11.2. The number of nitrogens with one attached hydrogen (secondary N) is 1. The number of halogens is 1. The standard InChI is InChI=1S/C14H20FNO3/c1-10(2)6-12(17)8-16-14(18)9-19-13-5-3-4-11(15)7-13/h3-5,7,10,12,17H,6,8-9H2,1-2H3,(H,16,18). The third-order valence-electron chi connectivity index (χ3n) is 2.44. The van der Waals surface area contributed by atoms with Crippen LogP contribution in [0.2, 0.25) is 0 Å². The van der Waals surface area contributed by atoms with Gasteiger partial charge in [-0.3, -0.25) is 4.79 Å². The first-order valence-corrected chi connectivity index (χ1v) is 6.30. The molecule has 106 valence electrons. The van der Waals surface area contributed by atoms with Crippen LogP contribution in [0.5, 0.6) is 5.75 Å². The van der Waals surface area contributed by atoms with Gasteiger partial charge in [-0.05, 0) is 24.5 Å². The smallest absolute Gasteiger partial charge is 0.258 e. The van der Waals surface area contributed by atoms with Gasteiger partial charge in [0, 0.05) is 12.6 Å². The highest BCUT2D eigenvalue weighted by atomic mass is 19.1. The topological polar surface area (TPSA) is 58.6 Å². The summed E-state index contributed by atoms with van der Waals surface area (Å²) in [5.41, 5.74) is 0. The Hall–Kier alpha value is -1.62. The van der Waals surface area contributed by atoms with Gasteiger partial charge in [0.1, 0.15) is 11.6 Å². The van der Waals surface area contributed by atoms with Gasteiger partial charge in [0.25, 0.3) is 5.91 Å². The minimum absolute atomic E-state index is 0.197. The number of ether oxygens (including phenoxy) is 1. The SMILES string of the molecule is CC(C)CC(O)CNC(=O)COc1cccc(F)c1. The van der Waals surface area contributed by atoms with E-state index < -0.39 is 11.9 Å². The van der Waals surface area contributed by atoms with E-state index in [0.29, 0.717) is 18.1 Å². The lowest BCUT2D eigenvalue weighted by atomic mass is 10.1. The maximum atomic E-state index is 12.9. The molecule has 0 bridgehead atoms. The van der Waals surface area contributed by atoms with Crippen LogP contribution < -0.4 is 10.1 Å². The molecule has 0 heterocycles. The first-order valence-electron chi connectivity index (χ1n) is 6.30. The highest BCUT2D eigenvalue weighted by Gasteiger charge is 2.09. The molecule has 0 saturated heterocycles. The van der Waals surface area contributed by atoms with Crippen LogP contribution in [-0.2, 0) is 4.79 Å². The number of rotatable bonds is 7. The lowest BCUT2D eigenvalue weighted by Crippen LogP contribution is -2.35. The third kappa shape index (κ3) is 6.76. The van der Waals surface area contributed by atoms with Crippen LogP contribution in [-0.4, -0.2) is 30.3 Å². The maximum Gasteiger partial charge on any atom is 0.258 e. The Balaban J connectivity index is 2.25. The number of amides is 1. The van der Waals surface area contributed by atoms with Crippen molar-refractivity contribution in [3.05, 3.63) is 30.1 Å². The van der Waals surface area contributed by atoms with E-state index in [2.05, 4.69) is 5.32 Å². The number of carbonyl (C=O) groups is 1. The Morgan fingerprint density at radius 1 is 1.47 bits per heavy atom. The summed E-state index contributed by atoms with van der Waals surface area (Å²) in [5, 5.41) is 12.1. The summed E-state index contributed by atoms with van der Waals surface area (Å²) in [6.45, 7) is 4.00. The zero-order chi connectivity index (χ0) is 14.3. The van der Waals surface area contributed by atoms with Crippen molar-refractivity contribution >= 4 is 5.91 Å². The molecule has 5 heteroatoms. The second kappa shape index (κ2) is 7.74. The van der Waals surface area contributed by atoms with Gasteiger partial charge in [0.15, 0.2) is 6.61 Å². The van der Waals surface area contributed by atoms with Gasteiger partial charge in [0.2, 0.25) is 0 Å². The first-order chi connectivity index (χ1) is 8.97. The molecule has 0 saturated carbocycles. The molecule has 1 aromatic rings. The van der Waals surface area contributed by atoms with E-state index in [-0.39, 0.29) is 19.1 Å². The number of aliphatic hydroxyl groups excluding tert-OH is 1. The number of hydrogen-bond donors (Lipinski definition) is 2. The minimum Gasteiger partial charge on any atom is -0.484 e. The second-order valence-electron chi connectivity index (χ2n) is 4.83. The van der Waals surface area contributed by atoms with Gasteiger partial charge in [0.05, 0.1) is 6.10 Å². The molecule has 0 aliphatic rings. The van der Waals surface area contributed by atoms with Crippen molar-refractivity contribution in [3.8, 4) is 5.75 Å². The summed E-state index contributed by atoms with van der Waals surface area (Å²) >= 11 is 0. The molecule has 2 N–H and O–H groups in total. The minimum atomic E-state index is -0.557. The molecule has 1 unspecified atom stereocenters. The molecule has 0 spiro atoms. The zero-order valence-electron chi connectivity index (χ0n) is 11.2. The summed E-state index contributed by atoms with van der Waals surface area (Å²) in [6, 6.07) is 5.59. The lowest BCUT2D eigenvalue weighted by molar-refractivity contribution is -0.123. The molecule has 1 aromatic carbocycles. The van der Waals surface area contributed by atoms with E-state index in [1.54, 1.807) is 6.07 Å². The van der Waals surface area contributed by atoms with Crippen LogP contribution in [0.3, 0.4) is 0 Å². The van der Waals surface area contributed by atoms with Crippen molar-refractivity contribution in [1.29, 1.82) is 0 Å². The number of hydrogen-bond acceptors (Lipinski definition) is 3. The van der Waals surface area contributed by atoms with Gasteiger partial charge in [-0.15, -0.1) is 0 Å². The molecule has 4 nitrogen and oxygen atoms in total. The molecular formula is C14H20FNO3. The summed E-state index contributed by atoms with van der Waals surface area (Å²) in [4.78, 5) is 11.5. The van der Waals surface area contributed by atoms with E-state index in [0.717, 1.165) is 0 Å². The second-order valence-corrected chi connectivity index (χ2v) is 4.83. The molecule has 0 aliphatic heterocycles. The number of carbonyl (C=O) groups excluding carboxylic acids is 1. The van der Waals surface area contributed by atoms with Crippen molar-refractivity contribution < 1.29 is 19.0 Å². The fourth-order valence-electron chi connectivity index (χ4n) is 1.62. The third-order valence-corrected chi connectivity index (χ3v) is 2.44. The number of benzene rings is 1. The van der Waals surface area contributed by atoms with E-state index in [4.69, 9.17) is 4.74 Å². The van der Waals surface area contributed by atoms with Crippen molar-refractivity contribution in [2.75, 3.05) is 13.2 Å². The van der Waals surface area contributed by atoms with Crippen LogP contribution in [0.4, 0.5) is 4.39 Å². The summed E-state index contributed by atoms with van der Waals surface area (Å²) in [5.74, 6) is -0.0781. The van der Waals surface area contributed by atoms with Crippen molar-refractivity contribution in [3.63, 3.8) is 0 Å². The largest absolute Gasteiger partial charge is 0.484 e. The van der Waals surface area contributed by atoms with Crippen molar-refractivity contribution in [2.45, 2.75) is 26.4 Å². The Bertz CT molecular complexity index is 409. The molecule has 0 aliphatic carbocycles. The van der Waals surface area contributed by atoms with Crippen LogP contribution in [0.15, 0.2) is 24.3 Å². The molecular weight excluding hydrogens is 249 g/mol. The molecule has 0 fully saturated rings. The van der Waals surface area contributed by atoms with Gasteiger partial charge < -0.3 is 15.2 Å². The first kappa shape index (κ1) is 15.4.